The zero-order valence-corrected chi connectivity index (χ0v) is 18.0. The molecule has 2 atom stereocenters. The van der Waals surface area contributed by atoms with Gasteiger partial charge in [-0.25, -0.2) is 4.79 Å². The molecule has 0 bridgehead atoms. The molecule has 0 aromatic carbocycles. The summed E-state index contributed by atoms with van der Waals surface area (Å²) in [6.07, 6.45) is 4.97. The fraction of sp³-hybridized carbons (Fsp3) is 0.895. The third-order valence-electron chi connectivity index (χ3n) is 4.30. The van der Waals surface area contributed by atoms with E-state index in [-0.39, 0.29) is 5.91 Å². The second kappa shape index (κ2) is 11.5. The minimum Gasteiger partial charge on any atom is -0.467 e. The molecule has 26 heavy (non-hydrogen) atoms. The maximum atomic E-state index is 12.3. The molecule has 0 aromatic rings. The topological polar surface area (TPSA) is 81.4 Å². The highest BCUT2D eigenvalue weighted by Gasteiger charge is 2.24. The van der Waals surface area contributed by atoms with Crippen LogP contribution in [0.5, 0.6) is 0 Å². The fourth-order valence-corrected chi connectivity index (χ4v) is 2.69. The molecule has 0 heterocycles. The summed E-state index contributed by atoms with van der Waals surface area (Å²) in [6.45, 7) is 2.07. The highest BCUT2D eigenvalue weighted by atomic mass is 16.5. The number of nitrogens with one attached hydrogen (secondary N) is 1. The standard InChI is InChI=1S/C19H41N4O3/c1-22(2,3)14-10-8-12-16(20)18(24)21-17(19(25)26-7)13-9-11-15-23(4,5)6/h16-17H,8-15,20H2,1-7H3/q+1/p+1. The van der Waals surface area contributed by atoms with Crippen molar-refractivity contribution in [3.05, 3.63) is 0 Å². The number of carbonyl (C=O) groups is 2. The molecular weight excluding hydrogens is 332 g/mol. The number of hydrogen-bond donors (Lipinski definition) is 2. The molecule has 154 valence electrons. The van der Waals surface area contributed by atoms with Crippen molar-refractivity contribution in [2.75, 3.05) is 62.5 Å². The van der Waals surface area contributed by atoms with Crippen molar-refractivity contribution in [1.82, 2.24) is 5.32 Å². The Kier molecular flexibility index (Phi) is 11.0. The SMILES string of the molecule is COC(=O)C(CCCC[N+](C)(C)C)NC(=O)C(N)CCCC[N+](C)(C)C. The number of hydrogen-bond acceptors (Lipinski definition) is 4. The van der Waals surface area contributed by atoms with Crippen LogP contribution in [-0.2, 0) is 14.3 Å². The van der Waals surface area contributed by atoms with Crippen LogP contribution in [0.15, 0.2) is 0 Å². The lowest BCUT2D eigenvalue weighted by molar-refractivity contribution is -0.870. The van der Waals surface area contributed by atoms with Crippen LogP contribution in [0, 0.1) is 0 Å². The third-order valence-corrected chi connectivity index (χ3v) is 4.30. The van der Waals surface area contributed by atoms with Crippen molar-refractivity contribution in [2.24, 2.45) is 5.73 Å². The molecule has 0 radical (unpaired) electrons. The number of methoxy groups -OCH3 is 1. The van der Waals surface area contributed by atoms with E-state index in [1.807, 2.05) is 0 Å². The lowest BCUT2D eigenvalue weighted by Crippen LogP contribution is -2.48. The summed E-state index contributed by atoms with van der Waals surface area (Å²) in [5.41, 5.74) is 6.00. The van der Waals surface area contributed by atoms with Gasteiger partial charge in [-0.15, -0.1) is 0 Å². The van der Waals surface area contributed by atoms with E-state index < -0.39 is 18.1 Å². The van der Waals surface area contributed by atoms with E-state index in [0.717, 1.165) is 47.7 Å². The lowest BCUT2D eigenvalue weighted by Gasteiger charge is -2.25. The molecule has 7 heteroatoms. The van der Waals surface area contributed by atoms with Gasteiger partial charge in [-0.2, -0.15) is 0 Å². The number of esters is 1. The summed E-state index contributed by atoms with van der Waals surface area (Å²) in [7, 11) is 14.2. The van der Waals surface area contributed by atoms with Crippen LogP contribution in [0.4, 0.5) is 0 Å². The maximum Gasteiger partial charge on any atom is 0.328 e. The second-order valence-electron chi connectivity index (χ2n) is 9.21. The molecule has 3 N–H and O–H groups in total. The minimum absolute atomic E-state index is 0.266. The predicted molar refractivity (Wildman–Crippen MR) is 105 cm³/mol. The average molecular weight is 375 g/mol. The zero-order valence-electron chi connectivity index (χ0n) is 18.0. The quantitative estimate of drug-likeness (QED) is 0.283. The Morgan fingerprint density at radius 2 is 1.35 bits per heavy atom. The highest BCUT2D eigenvalue weighted by Crippen LogP contribution is 2.07. The number of nitrogens with two attached hydrogens (primary N) is 1. The van der Waals surface area contributed by atoms with E-state index in [1.54, 1.807) is 0 Å². The number of rotatable bonds is 13. The van der Waals surface area contributed by atoms with Gasteiger partial charge in [0.25, 0.3) is 0 Å². The first kappa shape index (κ1) is 24.8. The van der Waals surface area contributed by atoms with Crippen LogP contribution >= 0.6 is 0 Å². The molecule has 0 saturated heterocycles. The van der Waals surface area contributed by atoms with Crippen LogP contribution < -0.4 is 11.1 Å². The van der Waals surface area contributed by atoms with Gasteiger partial charge < -0.3 is 24.8 Å². The first-order valence-electron chi connectivity index (χ1n) is 9.60. The largest absolute Gasteiger partial charge is 0.467 e. The average Bonchev–Trinajstić information content (AvgIpc) is 2.51. The Bertz CT molecular complexity index is 427. The maximum absolute atomic E-state index is 12.3. The van der Waals surface area contributed by atoms with Crippen LogP contribution in [-0.4, -0.2) is 95.4 Å². The molecule has 0 saturated carbocycles. The monoisotopic (exact) mass is 374 g/mol. The van der Waals surface area contributed by atoms with E-state index in [1.165, 1.54) is 7.11 Å². The van der Waals surface area contributed by atoms with Crippen molar-refractivity contribution in [2.45, 2.75) is 50.6 Å². The van der Waals surface area contributed by atoms with Gasteiger partial charge in [0, 0.05) is 0 Å². The van der Waals surface area contributed by atoms with Gasteiger partial charge in [-0.1, -0.05) is 0 Å². The number of quaternary nitrogens is 2. The number of unbranched alkanes of at least 4 members (excludes halogenated alkanes) is 2. The summed E-state index contributed by atoms with van der Waals surface area (Å²) >= 11 is 0. The number of nitrogens with zero attached hydrogens (tertiary/aromatic N) is 2. The molecule has 0 fully saturated rings. The first-order valence-corrected chi connectivity index (χ1v) is 9.60. The molecule has 7 nitrogen and oxygen atoms in total. The van der Waals surface area contributed by atoms with E-state index in [2.05, 4.69) is 47.6 Å². The van der Waals surface area contributed by atoms with Gasteiger partial charge in [0.2, 0.25) is 5.91 Å². The molecule has 1 amide bonds. The van der Waals surface area contributed by atoms with Gasteiger partial charge in [0.05, 0.1) is 68.5 Å². The van der Waals surface area contributed by atoms with E-state index >= 15 is 0 Å². The third kappa shape index (κ3) is 13.1. The summed E-state index contributed by atoms with van der Waals surface area (Å²) in [6, 6.07) is -1.20. The van der Waals surface area contributed by atoms with Crippen molar-refractivity contribution in [3.8, 4) is 0 Å². The Hall–Kier alpha value is -1.18. The van der Waals surface area contributed by atoms with Gasteiger partial charge in [-0.3, -0.25) is 4.79 Å². The molecule has 0 aliphatic carbocycles. The normalized spacial score (nSPS) is 14.6. The van der Waals surface area contributed by atoms with E-state index in [0.29, 0.717) is 12.8 Å². The molecule has 2 unspecified atom stereocenters. The van der Waals surface area contributed by atoms with Crippen molar-refractivity contribution < 1.29 is 23.3 Å². The molecule has 0 spiro atoms. The summed E-state index contributed by atoms with van der Waals surface area (Å²) in [5.74, 6) is -0.668. The first-order chi connectivity index (χ1) is 11.9. The Balaban J connectivity index is 4.33. The highest BCUT2D eigenvalue weighted by molar-refractivity contribution is 5.87. The zero-order chi connectivity index (χ0) is 20.4. The van der Waals surface area contributed by atoms with Crippen LogP contribution in [0.3, 0.4) is 0 Å². The second-order valence-corrected chi connectivity index (χ2v) is 9.21. The van der Waals surface area contributed by atoms with Crippen molar-refractivity contribution in [3.63, 3.8) is 0 Å². The molecule has 0 aromatic heterocycles. The Morgan fingerprint density at radius 3 is 1.77 bits per heavy atom. The van der Waals surface area contributed by atoms with Crippen molar-refractivity contribution >= 4 is 11.9 Å². The Morgan fingerprint density at radius 1 is 0.885 bits per heavy atom. The van der Waals surface area contributed by atoms with Crippen molar-refractivity contribution in [1.29, 1.82) is 0 Å². The van der Waals surface area contributed by atoms with E-state index in [9.17, 15) is 9.59 Å². The molecule has 0 rings (SSSR count). The van der Waals surface area contributed by atoms with E-state index in [4.69, 9.17) is 10.5 Å². The van der Waals surface area contributed by atoms with Gasteiger partial charge in [0.15, 0.2) is 0 Å². The van der Waals surface area contributed by atoms with Crippen LogP contribution in [0.2, 0.25) is 0 Å². The summed E-state index contributed by atoms with van der Waals surface area (Å²) < 4.78 is 6.61. The Labute approximate surface area is 160 Å². The molecule has 0 aliphatic heterocycles. The number of ether oxygens (including phenoxy) is 1. The number of amides is 1. The van der Waals surface area contributed by atoms with Gasteiger partial charge >= 0.3 is 5.97 Å². The van der Waals surface area contributed by atoms with Gasteiger partial charge in [0.1, 0.15) is 6.04 Å². The number of carbonyl (C=O) groups excluding carboxylic acids is 2. The van der Waals surface area contributed by atoms with Gasteiger partial charge in [-0.05, 0) is 38.5 Å². The smallest absolute Gasteiger partial charge is 0.328 e. The molecule has 0 aliphatic rings. The molecular formula is C19H42N4O3+2. The predicted octanol–water partition coefficient (Wildman–Crippen LogP) is 0.725. The minimum atomic E-state index is -0.614. The summed E-state index contributed by atoms with van der Waals surface area (Å²) in [5, 5.41) is 2.77. The lowest BCUT2D eigenvalue weighted by atomic mass is 10.1. The fourth-order valence-electron chi connectivity index (χ4n) is 2.69. The van der Waals surface area contributed by atoms with Crippen LogP contribution in [0.1, 0.15) is 38.5 Å². The summed E-state index contributed by atoms with van der Waals surface area (Å²) in [4.78, 5) is 24.3. The van der Waals surface area contributed by atoms with Crippen LogP contribution in [0.25, 0.3) is 0 Å².